The molecule has 0 aromatic carbocycles. The lowest BCUT2D eigenvalue weighted by Crippen LogP contribution is -2.18. The zero-order valence-corrected chi connectivity index (χ0v) is 11.5. The third-order valence-electron chi connectivity index (χ3n) is 4.12. The van der Waals surface area contributed by atoms with E-state index < -0.39 is 0 Å². The first-order valence-corrected chi connectivity index (χ1v) is 7.13. The first kappa shape index (κ1) is 13.1. The standard InChI is InChI=1S/C15H23N3/c1-12(2)14-10-17-18(11-14)15(8-5-9-16)13-6-3-4-7-13/h10-13,15H,3-8H2,1-2H3/t15-/m1/s1. The van der Waals surface area contributed by atoms with Crippen LogP contribution in [-0.4, -0.2) is 9.78 Å². The maximum atomic E-state index is 8.82. The molecule has 1 aliphatic carbocycles. The van der Waals surface area contributed by atoms with Crippen LogP contribution in [0.2, 0.25) is 0 Å². The Bertz CT molecular complexity index is 408. The Morgan fingerprint density at radius 1 is 1.44 bits per heavy atom. The SMILES string of the molecule is CC(C)c1cnn([C@H](CCC#N)C2CCCC2)c1. The number of nitrogens with zero attached hydrogens (tertiary/aromatic N) is 3. The van der Waals surface area contributed by atoms with Gasteiger partial charge in [-0.1, -0.05) is 26.7 Å². The van der Waals surface area contributed by atoms with Crippen LogP contribution >= 0.6 is 0 Å². The van der Waals surface area contributed by atoms with Gasteiger partial charge in [-0.2, -0.15) is 10.4 Å². The fourth-order valence-electron chi connectivity index (χ4n) is 2.97. The lowest BCUT2D eigenvalue weighted by Gasteiger charge is -2.23. The Hall–Kier alpha value is -1.30. The highest BCUT2D eigenvalue weighted by Crippen LogP contribution is 2.36. The van der Waals surface area contributed by atoms with Crippen LogP contribution in [0.5, 0.6) is 0 Å². The summed E-state index contributed by atoms with van der Waals surface area (Å²) in [6, 6.07) is 2.71. The van der Waals surface area contributed by atoms with Crippen molar-refractivity contribution in [2.75, 3.05) is 0 Å². The van der Waals surface area contributed by atoms with E-state index in [1.165, 1.54) is 31.2 Å². The topological polar surface area (TPSA) is 41.6 Å². The van der Waals surface area contributed by atoms with Crippen molar-refractivity contribution in [3.8, 4) is 6.07 Å². The van der Waals surface area contributed by atoms with Gasteiger partial charge in [0.15, 0.2) is 0 Å². The maximum absolute atomic E-state index is 8.82. The second-order valence-electron chi connectivity index (χ2n) is 5.72. The molecule has 1 fully saturated rings. The van der Waals surface area contributed by atoms with Gasteiger partial charge in [-0.05, 0) is 36.7 Å². The Morgan fingerprint density at radius 2 is 2.17 bits per heavy atom. The van der Waals surface area contributed by atoms with Gasteiger partial charge in [0.1, 0.15) is 0 Å². The molecule has 0 unspecified atom stereocenters. The fraction of sp³-hybridized carbons (Fsp3) is 0.733. The second kappa shape index (κ2) is 6.04. The molecule has 0 bridgehead atoms. The molecule has 0 saturated heterocycles. The van der Waals surface area contributed by atoms with E-state index in [0.717, 1.165) is 12.3 Å². The van der Waals surface area contributed by atoms with Crippen molar-refractivity contribution in [2.24, 2.45) is 5.92 Å². The van der Waals surface area contributed by atoms with Gasteiger partial charge < -0.3 is 0 Å². The number of aromatic nitrogens is 2. The van der Waals surface area contributed by atoms with E-state index in [-0.39, 0.29) is 0 Å². The van der Waals surface area contributed by atoms with Crippen molar-refractivity contribution in [1.29, 1.82) is 5.26 Å². The highest BCUT2D eigenvalue weighted by molar-refractivity contribution is 5.09. The zero-order chi connectivity index (χ0) is 13.0. The van der Waals surface area contributed by atoms with E-state index in [0.29, 0.717) is 18.4 Å². The molecular weight excluding hydrogens is 222 g/mol. The summed E-state index contributed by atoms with van der Waals surface area (Å²) >= 11 is 0. The molecule has 3 nitrogen and oxygen atoms in total. The molecule has 1 saturated carbocycles. The van der Waals surface area contributed by atoms with Gasteiger partial charge in [-0.3, -0.25) is 4.68 Å². The molecule has 0 N–H and O–H groups in total. The average molecular weight is 245 g/mol. The maximum Gasteiger partial charge on any atom is 0.0622 e. The van der Waals surface area contributed by atoms with Gasteiger partial charge >= 0.3 is 0 Å². The normalized spacial score (nSPS) is 18.1. The van der Waals surface area contributed by atoms with Crippen molar-refractivity contribution < 1.29 is 0 Å². The lowest BCUT2D eigenvalue weighted by atomic mass is 9.94. The predicted molar refractivity (Wildman–Crippen MR) is 72.2 cm³/mol. The van der Waals surface area contributed by atoms with Gasteiger partial charge in [-0.25, -0.2) is 0 Å². The van der Waals surface area contributed by atoms with E-state index >= 15 is 0 Å². The largest absolute Gasteiger partial charge is 0.269 e. The van der Waals surface area contributed by atoms with Crippen LogP contribution in [0.25, 0.3) is 0 Å². The Kier molecular flexibility index (Phi) is 4.41. The number of hydrogen-bond acceptors (Lipinski definition) is 2. The minimum Gasteiger partial charge on any atom is -0.269 e. The summed E-state index contributed by atoms with van der Waals surface area (Å²) in [7, 11) is 0. The van der Waals surface area contributed by atoms with Crippen molar-refractivity contribution >= 4 is 0 Å². The third-order valence-corrected chi connectivity index (χ3v) is 4.12. The van der Waals surface area contributed by atoms with Crippen LogP contribution in [0.4, 0.5) is 0 Å². The van der Waals surface area contributed by atoms with Gasteiger partial charge in [-0.15, -0.1) is 0 Å². The molecule has 0 amide bonds. The smallest absolute Gasteiger partial charge is 0.0622 e. The van der Waals surface area contributed by atoms with Crippen LogP contribution in [0.15, 0.2) is 12.4 Å². The number of rotatable bonds is 5. The summed E-state index contributed by atoms with van der Waals surface area (Å²) in [5, 5.41) is 13.4. The molecule has 1 aromatic rings. The Morgan fingerprint density at radius 3 is 2.72 bits per heavy atom. The first-order chi connectivity index (χ1) is 8.72. The molecule has 18 heavy (non-hydrogen) atoms. The predicted octanol–water partition coefficient (Wildman–Crippen LogP) is 4.04. The van der Waals surface area contributed by atoms with Crippen molar-refractivity contribution in [3.63, 3.8) is 0 Å². The summed E-state index contributed by atoms with van der Waals surface area (Å²) in [6.07, 6.45) is 11.0. The monoisotopic (exact) mass is 245 g/mol. The Labute approximate surface area is 110 Å². The average Bonchev–Trinajstić information content (AvgIpc) is 3.00. The van der Waals surface area contributed by atoms with E-state index in [4.69, 9.17) is 5.26 Å². The second-order valence-corrected chi connectivity index (χ2v) is 5.72. The van der Waals surface area contributed by atoms with Crippen molar-refractivity contribution in [2.45, 2.75) is 64.3 Å². The van der Waals surface area contributed by atoms with Gasteiger partial charge in [0.2, 0.25) is 0 Å². The molecule has 3 heteroatoms. The molecule has 1 aliphatic rings. The molecule has 1 atom stereocenters. The molecule has 98 valence electrons. The van der Waals surface area contributed by atoms with Crippen LogP contribution in [0, 0.1) is 17.2 Å². The van der Waals surface area contributed by atoms with E-state index in [9.17, 15) is 0 Å². The van der Waals surface area contributed by atoms with Crippen LogP contribution in [-0.2, 0) is 0 Å². The molecule has 1 aromatic heterocycles. The highest BCUT2D eigenvalue weighted by atomic mass is 15.3. The van der Waals surface area contributed by atoms with Crippen molar-refractivity contribution in [3.05, 3.63) is 18.0 Å². The number of nitriles is 1. The van der Waals surface area contributed by atoms with Gasteiger partial charge in [0, 0.05) is 12.6 Å². The summed E-state index contributed by atoms with van der Waals surface area (Å²) in [6.45, 7) is 4.39. The van der Waals surface area contributed by atoms with Crippen LogP contribution in [0.1, 0.15) is 69.9 Å². The van der Waals surface area contributed by atoms with E-state index in [2.05, 4.69) is 35.9 Å². The summed E-state index contributed by atoms with van der Waals surface area (Å²) in [5.41, 5.74) is 1.30. The number of hydrogen-bond donors (Lipinski definition) is 0. The highest BCUT2D eigenvalue weighted by Gasteiger charge is 2.26. The van der Waals surface area contributed by atoms with Crippen LogP contribution in [0.3, 0.4) is 0 Å². The van der Waals surface area contributed by atoms with E-state index in [1.54, 1.807) is 0 Å². The molecule has 0 aliphatic heterocycles. The quantitative estimate of drug-likeness (QED) is 0.785. The van der Waals surface area contributed by atoms with E-state index in [1.807, 2.05) is 6.20 Å². The summed E-state index contributed by atoms with van der Waals surface area (Å²) in [4.78, 5) is 0. The molecule has 0 radical (unpaired) electrons. The lowest BCUT2D eigenvalue weighted by molar-refractivity contribution is 0.294. The van der Waals surface area contributed by atoms with Crippen LogP contribution < -0.4 is 0 Å². The minimum atomic E-state index is 0.430. The van der Waals surface area contributed by atoms with Crippen molar-refractivity contribution in [1.82, 2.24) is 9.78 Å². The van der Waals surface area contributed by atoms with Gasteiger partial charge in [0.25, 0.3) is 0 Å². The Balaban J connectivity index is 2.13. The molecule has 2 rings (SSSR count). The first-order valence-electron chi connectivity index (χ1n) is 7.13. The molecule has 1 heterocycles. The fourth-order valence-corrected chi connectivity index (χ4v) is 2.97. The summed E-state index contributed by atoms with van der Waals surface area (Å²) < 4.78 is 2.13. The third kappa shape index (κ3) is 2.93. The van der Waals surface area contributed by atoms with Gasteiger partial charge in [0.05, 0.1) is 18.3 Å². The minimum absolute atomic E-state index is 0.430. The summed E-state index contributed by atoms with van der Waals surface area (Å²) in [5.74, 6) is 1.25. The zero-order valence-electron chi connectivity index (χ0n) is 11.5. The molecular formula is C15H23N3. The molecule has 0 spiro atoms.